The fourth-order valence-electron chi connectivity index (χ4n) is 2.77. The van der Waals surface area contributed by atoms with Gasteiger partial charge in [0, 0.05) is 12.1 Å². The summed E-state index contributed by atoms with van der Waals surface area (Å²) in [5.41, 5.74) is 5.81. The van der Waals surface area contributed by atoms with Gasteiger partial charge in [-0.05, 0) is 40.6 Å². The van der Waals surface area contributed by atoms with Crippen LogP contribution < -0.4 is 10.4 Å². The third kappa shape index (κ3) is 4.25. The number of hydrazone groups is 1. The molecular formula is C23H19N4+. The Hall–Kier alpha value is -3.79. The van der Waals surface area contributed by atoms with Gasteiger partial charge in [0.05, 0.1) is 11.9 Å². The van der Waals surface area contributed by atoms with Crippen LogP contribution in [0.3, 0.4) is 0 Å². The van der Waals surface area contributed by atoms with E-state index in [9.17, 15) is 0 Å². The van der Waals surface area contributed by atoms with Gasteiger partial charge < -0.3 is 0 Å². The third-order valence-electron chi connectivity index (χ3n) is 4.12. The van der Waals surface area contributed by atoms with Crippen molar-refractivity contribution in [3.05, 3.63) is 108 Å². The number of amidine groups is 1. The standard InChI is InChI=1S/C23H18N4/c1-2-10-21(11-3-1)26-23(22-12-6-7-15-24-22)27-25-17-18-13-14-19-8-4-5-9-20(19)16-18/h1-17H,(H,26,27)/p+1. The highest BCUT2D eigenvalue weighted by Gasteiger charge is 2.09. The number of pyridine rings is 1. The zero-order chi connectivity index (χ0) is 18.3. The summed E-state index contributed by atoms with van der Waals surface area (Å²) < 4.78 is 0. The molecule has 3 aromatic carbocycles. The summed E-state index contributed by atoms with van der Waals surface area (Å²) in [4.78, 5) is 7.86. The number of aliphatic imine (C=N–C) groups is 1. The molecule has 0 aliphatic carbocycles. The quantitative estimate of drug-likeness (QED) is 0.332. The first-order valence-corrected chi connectivity index (χ1v) is 8.77. The Bertz CT molecular complexity index is 1090. The number of para-hydroxylation sites is 1. The molecule has 0 saturated carbocycles. The van der Waals surface area contributed by atoms with Gasteiger partial charge in [-0.3, -0.25) is 5.43 Å². The molecule has 1 heterocycles. The maximum atomic E-state index is 4.67. The second kappa shape index (κ2) is 8.06. The fraction of sp³-hybridized carbons (Fsp3) is 0. The molecule has 0 fully saturated rings. The number of nitrogens with one attached hydrogen (secondary N) is 2. The number of fused-ring (bicyclic) bond motifs is 1. The fourth-order valence-corrected chi connectivity index (χ4v) is 2.77. The topological polar surface area (TPSA) is 50.9 Å². The van der Waals surface area contributed by atoms with Crippen molar-refractivity contribution in [2.75, 3.05) is 0 Å². The lowest BCUT2D eigenvalue weighted by Crippen LogP contribution is -2.26. The molecular weight excluding hydrogens is 332 g/mol. The highest BCUT2D eigenvalue weighted by molar-refractivity contribution is 5.98. The van der Waals surface area contributed by atoms with Crippen LogP contribution >= 0.6 is 0 Å². The highest BCUT2D eigenvalue weighted by Crippen LogP contribution is 2.14. The Kier molecular flexibility index (Phi) is 4.97. The Morgan fingerprint density at radius 1 is 0.778 bits per heavy atom. The molecule has 0 spiro atoms. The molecule has 0 atom stereocenters. The van der Waals surface area contributed by atoms with Crippen LogP contribution in [0.25, 0.3) is 10.8 Å². The highest BCUT2D eigenvalue weighted by atomic mass is 15.3. The van der Waals surface area contributed by atoms with E-state index in [2.05, 4.69) is 50.8 Å². The lowest BCUT2D eigenvalue weighted by Gasteiger charge is -2.02. The SMILES string of the molecule is C(=NNC(=Nc1ccccc1)c1cccc[nH+]1)c1ccc2ccccc2c1. The zero-order valence-electron chi connectivity index (χ0n) is 14.7. The molecule has 0 radical (unpaired) electrons. The lowest BCUT2D eigenvalue weighted by atomic mass is 10.1. The van der Waals surface area contributed by atoms with E-state index < -0.39 is 0 Å². The Morgan fingerprint density at radius 3 is 2.37 bits per heavy atom. The van der Waals surface area contributed by atoms with E-state index in [1.165, 1.54) is 10.8 Å². The second-order valence-electron chi connectivity index (χ2n) is 6.05. The predicted molar refractivity (Wildman–Crippen MR) is 110 cm³/mol. The summed E-state index contributed by atoms with van der Waals surface area (Å²) in [5, 5.41) is 6.80. The van der Waals surface area contributed by atoms with Crippen LogP contribution in [0.2, 0.25) is 0 Å². The van der Waals surface area contributed by atoms with Crippen LogP contribution in [0.4, 0.5) is 5.69 Å². The van der Waals surface area contributed by atoms with Crippen LogP contribution in [-0.4, -0.2) is 12.1 Å². The zero-order valence-corrected chi connectivity index (χ0v) is 14.7. The van der Waals surface area contributed by atoms with Gasteiger partial charge in [-0.1, -0.05) is 54.6 Å². The minimum Gasteiger partial charge on any atom is -0.256 e. The molecule has 4 aromatic rings. The maximum Gasteiger partial charge on any atom is 0.248 e. The van der Waals surface area contributed by atoms with E-state index in [0.29, 0.717) is 5.84 Å². The minimum absolute atomic E-state index is 0.652. The van der Waals surface area contributed by atoms with E-state index in [1.807, 2.05) is 66.9 Å². The van der Waals surface area contributed by atoms with Crippen LogP contribution in [0, 0.1) is 0 Å². The predicted octanol–water partition coefficient (Wildman–Crippen LogP) is 4.36. The maximum absolute atomic E-state index is 4.67. The van der Waals surface area contributed by atoms with E-state index in [1.54, 1.807) is 6.21 Å². The molecule has 130 valence electrons. The summed E-state index contributed by atoms with van der Waals surface area (Å²) in [6.45, 7) is 0. The number of hydrogen-bond acceptors (Lipinski definition) is 2. The first-order valence-electron chi connectivity index (χ1n) is 8.77. The molecule has 4 rings (SSSR count). The van der Waals surface area contributed by atoms with Crippen molar-refractivity contribution < 1.29 is 4.98 Å². The van der Waals surface area contributed by atoms with Crippen molar-refractivity contribution in [3.8, 4) is 0 Å². The van der Waals surface area contributed by atoms with E-state index in [0.717, 1.165) is 16.9 Å². The largest absolute Gasteiger partial charge is 0.256 e. The number of rotatable bonds is 4. The number of H-pyrrole nitrogens is 1. The van der Waals surface area contributed by atoms with E-state index >= 15 is 0 Å². The molecule has 4 heteroatoms. The average Bonchev–Trinajstić information content (AvgIpc) is 2.74. The molecule has 4 nitrogen and oxygen atoms in total. The molecule has 27 heavy (non-hydrogen) atoms. The van der Waals surface area contributed by atoms with Crippen molar-refractivity contribution in [1.82, 2.24) is 5.43 Å². The van der Waals surface area contributed by atoms with Gasteiger partial charge in [-0.15, -0.1) is 0 Å². The summed E-state index contributed by atoms with van der Waals surface area (Å²) >= 11 is 0. The van der Waals surface area contributed by atoms with Crippen LogP contribution in [0.15, 0.2) is 107 Å². The van der Waals surface area contributed by atoms with Crippen molar-refractivity contribution in [3.63, 3.8) is 0 Å². The van der Waals surface area contributed by atoms with Crippen LogP contribution in [-0.2, 0) is 0 Å². The van der Waals surface area contributed by atoms with Gasteiger partial charge in [0.1, 0.15) is 0 Å². The molecule has 0 aliphatic heterocycles. The number of hydrogen-bond donors (Lipinski definition) is 1. The van der Waals surface area contributed by atoms with Gasteiger partial charge >= 0.3 is 0 Å². The first kappa shape index (κ1) is 16.7. The van der Waals surface area contributed by atoms with Crippen molar-refractivity contribution >= 4 is 28.5 Å². The number of benzene rings is 3. The normalized spacial score (nSPS) is 11.8. The smallest absolute Gasteiger partial charge is 0.248 e. The van der Waals surface area contributed by atoms with Crippen LogP contribution in [0.5, 0.6) is 0 Å². The monoisotopic (exact) mass is 351 g/mol. The second-order valence-corrected chi connectivity index (χ2v) is 6.05. The molecule has 0 amide bonds. The number of aromatic nitrogens is 1. The summed E-state index contributed by atoms with van der Waals surface area (Å²) in [5.74, 6) is 0.652. The summed E-state index contributed by atoms with van der Waals surface area (Å²) in [7, 11) is 0. The average molecular weight is 351 g/mol. The third-order valence-corrected chi connectivity index (χ3v) is 4.12. The van der Waals surface area contributed by atoms with Gasteiger partial charge in [0.25, 0.3) is 0 Å². The van der Waals surface area contributed by atoms with Gasteiger partial charge in [0.15, 0.2) is 6.20 Å². The van der Waals surface area contributed by atoms with Crippen molar-refractivity contribution in [2.45, 2.75) is 0 Å². The van der Waals surface area contributed by atoms with Crippen molar-refractivity contribution in [1.29, 1.82) is 0 Å². The van der Waals surface area contributed by atoms with Crippen LogP contribution in [0.1, 0.15) is 11.3 Å². The lowest BCUT2D eigenvalue weighted by molar-refractivity contribution is -0.380. The summed E-state index contributed by atoms with van der Waals surface area (Å²) in [6, 6.07) is 30.2. The number of nitrogens with zero attached hydrogens (tertiary/aromatic N) is 2. The minimum atomic E-state index is 0.652. The molecule has 0 unspecified atom stereocenters. The molecule has 2 N–H and O–H groups in total. The number of aromatic amines is 1. The molecule has 0 saturated heterocycles. The Morgan fingerprint density at radius 2 is 1.56 bits per heavy atom. The van der Waals surface area contributed by atoms with Gasteiger partial charge in [-0.2, -0.15) is 5.10 Å². The molecule has 0 bridgehead atoms. The first-order chi connectivity index (χ1) is 13.4. The van der Waals surface area contributed by atoms with E-state index in [4.69, 9.17) is 0 Å². The van der Waals surface area contributed by atoms with Gasteiger partial charge in [-0.25, -0.2) is 9.98 Å². The Balaban J connectivity index is 1.59. The Labute approximate surface area is 157 Å². The molecule has 1 aromatic heterocycles. The van der Waals surface area contributed by atoms with E-state index in [-0.39, 0.29) is 0 Å². The summed E-state index contributed by atoms with van der Waals surface area (Å²) in [6.07, 6.45) is 3.67. The molecule has 0 aliphatic rings. The van der Waals surface area contributed by atoms with Crippen molar-refractivity contribution in [2.24, 2.45) is 10.1 Å². The van der Waals surface area contributed by atoms with Gasteiger partial charge in [0.2, 0.25) is 11.5 Å².